The second-order valence-corrected chi connectivity index (χ2v) is 7.67. The molecule has 2 amide bonds. The van der Waals surface area contributed by atoms with Crippen molar-refractivity contribution in [2.24, 2.45) is 0 Å². The number of benzene rings is 1. The van der Waals surface area contributed by atoms with Crippen molar-refractivity contribution in [1.29, 1.82) is 0 Å². The highest BCUT2D eigenvalue weighted by Gasteiger charge is 2.42. The maximum atomic E-state index is 13.0. The first kappa shape index (κ1) is 18.7. The van der Waals surface area contributed by atoms with Crippen molar-refractivity contribution >= 4 is 22.6 Å². The van der Waals surface area contributed by atoms with E-state index in [-0.39, 0.29) is 29.2 Å². The van der Waals surface area contributed by atoms with Gasteiger partial charge in [0.2, 0.25) is 5.56 Å². The number of nitrogens with zero attached hydrogens (tertiary/aromatic N) is 2. The highest BCUT2D eigenvalue weighted by molar-refractivity contribution is 5.93. The molecular weight excluding hydrogens is 397 g/mol. The number of aromatic nitrogens is 2. The van der Waals surface area contributed by atoms with E-state index in [1.54, 1.807) is 29.3 Å². The van der Waals surface area contributed by atoms with E-state index in [4.69, 9.17) is 0 Å². The van der Waals surface area contributed by atoms with Gasteiger partial charge in [-0.25, -0.2) is 9.78 Å². The fraction of sp³-hybridized carbons (Fsp3) is 0.286. The Labute approximate surface area is 168 Å². The molecule has 2 unspecified atom stereocenters. The highest BCUT2D eigenvalue weighted by Crippen LogP contribution is 2.43. The summed E-state index contributed by atoms with van der Waals surface area (Å²) in [6.07, 6.45) is -0.522. The molecule has 2 bridgehead atoms. The molecule has 4 heterocycles. The predicted octanol–water partition coefficient (Wildman–Crippen LogP) is 4.24. The molecule has 1 saturated heterocycles. The zero-order valence-corrected chi connectivity index (χ0v) is 15.7. The quantitative estimate of drug-likeness (QED) is 0.625. The zero-order chi connectivity index (χ0) is 21.0. The number of anilines is 1. The standard InChI is InChI=1S/C21H17F3N4O2/c22-21(23,24)18-6-1-11-7-13(2-4-16(11)27-18)26-20(30)28-14-3-5-17(28)15-10-25-19(29)9-12(15)8-14/h1-2,4,6-7,9-10,14,17H,3,5,8H2,(H,25,29)(H,26,30). The molecule has 9 heteroatoms. The maximum Gasteiger partial charge on any atom is 0.433 e. The van der Waals surface area contributed by atoms with Gasteiger partial charge in [0.05, 0.1) is 11.6 Å². The number of nitrogens with one attached hydrogen (secondary N) is 2. The number of H-pyrrole nitrogens is 1. The van der Waals surface area contributed by atoms with E-state index < -0.39 is 11.9 Å². The predicted molar refractivity (Wildman–Crippen MR) is 104 cm³/mol. The molecule has 1 fully saturated rings. The first-order chi connectivity index (χ1) is 14.3. The number of urea groups is 1. The van der Waals surface area contributed by atoms with Crippen LogP contribution in [0, 0.1) is 0 Å². The van der Waals surface area contributed by atoms with Crippen LogP contribution in [0.1, 0.15) is 35.7 Å². The Bertz CT molecular complexity index is 1220. The van der Waals surface area contributed by atoms with E-state index in [1.807, 2.05) is 0 Å². The van der Waals surface area contributed by atoms with Crippen LogP contribution in [-0.4, -0.2) is 26.9 Å². The summed E-state index contributed by atoms with van der Waals surface area (Å²) in [5, 5.41) is 3.36. The number of hydrogen-bond donors (Lipinski definition) is 2. The summed E-state index contributed by atoms with van der Waals surface area (Å²) < 4.78 is 38.5. The highest BCUT2D eigenvalue weighted by atomic mass is 19.4. The van der Waals surface area contributed by atoms with Crippen molar-refractivity contribution in [2.45, 2.75) is 37.5 Å². The average Bonchev–Trinajstić information content (AvgIpc) is 3.02. The number of carbonyl (C=O) groups is 1. The summed E-state index contributed by atoms with van der Waals surface area (Å²) >= 11 is 0. The van der Waals surface area contributed by atoms with E-state index in [0.717, 1.165) is 30.0 Å². The van der Waals surface area contributed by atoms with Gasteiger partial charge < -0.3 is 15.2 Å². The smallest absolute Gasteiger partial charge is 0.329 e. The summed E-state index contributed by atoms with van der Waals surface area (Å²) in [4.78, 5) is 32.7. The lowest BCUT2D eigenvalue weighted by atomic mass is 9.95. The molecule has 0 saturated carbocycles. The fourth-order valence-corrected chi connectivity index (χ4v) is 4.51. The van der Waals surface area contributed by atoms with Crippen molar-refractivity contribution in [2.75, 3.05) is 5.32 Å². The lowest BCUT2D eigenvalue weighted by molar-refractivity contribution is -0.140. The number of halogens is 3. The first-order valence-corrected chi connectivity index (χ1v) is 9.58. The van der Waals surface area contributed by atoms with Gasteiger partial charge in [0.25, 0.3) is 0 Å². The number of rotatable bonds is 1. The van der Waals surface area contributed by atoms with Crippen LogP contribution in [0.2, 0.25) is 0 Å². The van der Waals surface area contributed by atoms with Gasteiger partial charge in [-0.3, -0.25) is 4.79 Å². The van der Waals surface area contributed by atoms with Crippen LogP contribution in [-0.2, 0) is 12.6 Å². The Balaban J connectivity index is 1.40. The minimum atomic E-state index is -4.50. The number of fused-ring (bicyclic) bond motifs is 5. The van der Waals surface area contributed by atoms with Crippen LogP contribution < -0.4 is 10.9 Å². The third kappa shape index (κ3) is 3.10. The second-order valence-electron chi connectivity index (χ2n) is 7.67. The first-order valence-electron chi connectivity index (χ1n) is 9.58. The third-order valence-corrected chi connectivity index (χ3v) is 5.83. The maximum absolute atomic E-state index is 13.0. The van der Waals surface area contributed by atoms with Gasteiger partial charge in [0, 0.05) is 29.4 Å². The van der Waals surface area contributed by atoms with Gasteiger partial charge in [-0.05, 0) is 54.7 Å². The SMILES string of the molecule is O=C(Nc1ccc2nc(C(F)(F)F)ccc2c1)N1C2CCC1c1c[nH]c(=O)cc1C2. The molecule has 2 aliphatic heterocycles. The number of hydrogen-bond acceptors (Lipinski definition) is 3. The lowest BCUT2D eigenvalue weighted by Crippen LogP contribution is -2.44. The monoisotopic (exact) mass is 414 g/mol. The molecule has 2 atom stereocenters. The largest absolute Gasteiger partial charge is 0.433 e. The Morgan fingerprint density at radius 1 is 1.17 bits per heavy atom. The fourth-order valence-electron chi connectivity index (χ4n) is 4.51. The molecule has 2 N–H and O–H groups in total. The zero-order valence-electron chi connectivity index (χ0n) is 15.7. The van der Waals surface area contributed by atoms with Crippen molar-refractivity contribution < 1.29 is 18.0 Å². The topological polar surface area (TPSA) is 78.1 Å². The van der Waals surface area contributed by atoms with Crippen LogP contribution in [0.5, 0.6) is 0 Å². The van der Waals surface area contributed by atoms with Gasteiger partial charge >= 0.3 is 12.2 Å². The summed E-state index contributed by atoms with van der Waals surface area (Å²) in [6.45, 7) is 0. The molecule has 0 spiro atoms. The molecule has 6 nitrogen and oxygen atoms in total. The number of alkyl halides is 3. The molecule has 2 aliphatic rings. The Hall–Kier alpha value is -3.36. The lowest BCUT2D eigenvalue weighted by Gasteiger charge is -2.36. The van der Waals surface area contributed by atoms with E-state index in [9.17, 15) is 22.8 Å². The van der Waals surface area contributed by atoms with Gasteiger partial charge in [-0.1, -0.05) is 6.07 Å². The van der Waals surface area contributed by atoms with E-state index in [2.05, 4.69) is 15.3 Å². The Kier molecular flexibility index (Phi) is 4.09. The van der Waals surface area contributed by atoms with Crippen LogP contribution >= 0.6 is 0 Å². The molecule has 154 valence electrons. The molecule has 30 heavy (non-hydrogen) atoms. The van der Waals surface area contributed by atoms with Crippen LogP contribution in [0.4, 0.5) is 23.7 Å². The van der Waals surface area contributed by atoms with Gasteiger partial charge in [0.15, 0.2) is 0 Å². The molecule has 0 aliphatic carbocycles. The summed E-state index contributed by atoms with van der Waals surface area (Å²) in [6, 6.07) is 8.13. The van der Waals surface area contributed by atoms with E-state index in [1.165, 1.54) is 12.1 Å². The molecule has 1 aromatic carbocycles. The van der Waals surface area contributed by atoms with Crippen molar-refractivity contribution in [3.63, 3.8) is 0 Å². The molecule has 3 aromatic rings. The molecule has 2 aromatic heterocycles. The number of carbonyl (C=O) groups excluding carboxylic acids is 1. The number of pyridine rings is 2. The van der Waals surface area contributed by atoms with Crippen LogP contribution in [0.15, 0.2) is 47.4 Å². The third-order valence-electron chi connectivity index (χ3n) is 5.83. The molecule has 5 rings (SSSR count). The van der Waals surface area contributed by atoms with E-state index in [0.29, 0.717) is 17.5 Å². The minimum Gasteiger partial charge on any atom is -0.329 e. The van der Waals surface area contributed by atoms with Crippen molar-refractivity contribution in [3.05, 3.63) is 69.8 Å². The number of aromatic amines is 1. The van der Waals surface area contributed by atoms with Crippen LogP contribution in [0.25, 0.3) is 10.9 Å². The second kappa shape index (κ2) is 6.58. The Morgan fingerprint density at radius 2 is 2.00 bits per heavy atom. The van der Waals surface area contributed by atoms with Gasteiger partial charge in [0.1, 0.15) is 5.69 Å². The normalized spacial score (nSPS) is 20.3. The Morgan fingerprint density at radius 3 is 2.80 bits per heavy atom. The minimum absolute atomic E-state index is 0.0146. The van der Waals surface area contributed by atoms with Crippen molar-refractivity contribution in [3.8, 4) is 0 Å². The van der Waals surface area contributed by atoms with Gasteiger partial charge in [-0.15, -0.1) is 0 Å². The van der Waals surface area contributed by atoms with Crippen LogP contribution in [0.3, 0.4) is 0 Å². The van der Waals surface area contributed by atoms with Crippen molar-refractivity contribution in [1.82, 2.24) is 14.9 Å². The van der Waals surface area contributed by atoms with Gasteiger partial charge in [-0.2, -0.15) is 13.2 Å². The summed E-state index contributed by atoms with van der Waals surface area (Å²) in [7, 11) is 0. The average molecular weight is 414 g/mol. The molecular formula is C21H17F3N4O2. The summed E-state index contributed by atoms with van der Waals surface area (Å²) in [5.41, 5.74) is 1.53. The summed E-state index contributed by atoms with van der Waals surface area (Å²) in [5.74, 6) is 0. The number of amides is 2. The molecule has 0 radical (unpaired) electrons. The van der Waals surface area contributed by atoms with E-state index >= 15 is 0 Å².